The molecular weight excluding hydrogens is 298 g/mol. The summed E-state index contributed by atoms with van der Waals surface area (Å²) in [5, 5.41) is 13.3. The van der Waals surface area contributed by atoms with E-state index in [1.165, 1.54) is 18.2 Å². The smallest absolute Gasteiger partial charge is 0.270 e. The van der Waals surface area contributed by atoms with E-state index in [1.54, 1.807) is 0 Å². The number of hydrogen-bond donors (Lipinski definition) is 2. The maximum atomic E-state index is 12.2. The highest BCUT2D eigenvalue weighted by atomic mass is 16.6. The molecule has 0 aromatic heterocycles. The van der Waals surface area contributed by atoms with Gasteiger partial charge in [-0.25, -0.2) is 0 Å². The van der Waals surface area contributed by atoms with Gasteiger partial charge in [0, 0.05) is 24.1 Å². The summed E-state index contributed by atoms with van der Waals surface area (Å²) in [7, 11) is 0. The molecule has 3 N–H and O–H groups in total. The van der Waals surface area contributed by atoms with Gasteiger partial charge in [0.2, 0.25) is 5.91 Å². The van der Waals surface area contributed by atoms with Crippen LogP contribution in [0.5, 0.6) is 0 Å². The molecule has 2 aromatic carbocycles. The number of nitro benzene ring substituents is 1. The quantitative estimate of drug-likeness (QED) is 0.619. The van der Waals surface area contributed by atoms with Crippen LogP contribution in [0.15, 0.2) is 54.6 Å². The van der Waals surface area contributed by atoms with Gasteiger partial charge in [-0.1, -0.05) is 36.4 Å². The van der Waals surface area contributed by atoms with E-state index in [1.807, 2.05) is 30.3 Å². The highest BCUT2D eigenvalue weighted by Gasteiger charge is 2.20. The lowest BCUT2D eigenvalue weighted by Crippen LogP contribution is -2.45. The zero-order chi connectivity index (χ0) is 16.8. The maximum absolute atomic E-state index is 12.2. The number of nitrogens with zero attached hydrogens (tertiary/aromatic N) is 1. The molecule has 7 nitrogen and oxygen atoms in total. The third-order valence-corrected chi connectivity index (χ3v) is 3.25. The summed E-state index contributed by atoms with van der Waals surface area (Å²) in [5.74, 6) is -1.26. The summed E-state index contributed by atoms with van der Waals surface area (Å²) < 4.78 is 0. The number of amides is 2. The number of primary amides is 1. The van der Waals surface area contributed by atoms with Crippen molar-refractivity contribution in [3.63, 3.8) is 0 Å². The summed E-state index contributed by atoms with van der Waals surface area (Å²) in [6, 6.07) is 13.5. The van der Waals surface area contributed by atoms with Gasteiger partial charge >= 0.3 is 0 Å². The predicted molar refractivity (Wildman–Crippen MR) is 83.7 cm³/mol. The van der Waals surface area contributed by atoms with Gasteiger partial charge in [-0.15, -0.1) is 0 Å². The van der Waals surface area contributed by atoms with Gasteiger partial charge in [0.1, 0.15) is 6.04 Å². The molecule has 0 aliphatic carbocycles. The first-order valence-corrected chi connectivity index (χ1v) is 6.86. The number of carbonyl (C=O) groups is 2. The molecule has 0 aliphatic heterocycles. The van der Waals surface area contributed by atoms with Crippen LogP contribution in [-0.2, 0) is 11.2 Å². The van der Waals surface area contributed by atoms with Crippen LogP contribution in [0.1, 0.15) is 15.9 Å². The second kappa shape index (κ2) is 7.17. The Hall–Kier alpha value is -3.22. The van der Waals surface area contributed by atoms with E-state index in [0.29, 0.717) is 0 Å². The van der Waals surface area contributed by atoms with Crippen molar-refractivity contribution < 1.29 is 14.5 Å². The number of benzene rings is 2. The van der Waals surface area contributed by atoms with Crippen LogP contribution in [0.2, 0.25) is 0 Å². The average Bonchev–Trinajstić information content (AvgIpc) is 2.55. The number of carbonyl (C=O) groups excluding carboxylic acids is 2. The van der Waals surface area contributed by atoms with Crippen molar-refractivity contribution in [2.24, 2.45) is 5.73 Å². The minimum atomic E-state index is -0.899. The van der Waals surface area contributed by atoms with Crippen molar-refractivity contribution in [1.29, 1.82) is 0 Å². The van der Waals surface area contributed by atoms with Crippen LogP contribution < -0.4 is 11.1 Å². The zero-order valence-corrected chi connectivity index (χ0v) is 12.1. The number of rotatable bonds is 6. The minimum Gasteiger partial charge on any atom is -0.368 e. The molecular formula is C16H15N3O4. The Kier molecular flexibility index (Phi) is 5.03. The van der Waals surface area contributed by atoms with Gasteiger partial charge in [0.05, 0.1) is 4.92 Å². The normalized spacial score (nSPS) is 11.5. The lowest BCUT2D eigenvalue weighted by molar-refractivity contribution is -0.384. The zero-order valence-electron chi connectivity index (χ0n) is 12.1. The Morgan fingerprint density at radius 3 is 2.43 bits per heavy atom. The summed E-state index contributed by atoms with van der Waals surface area (Å²) in [4.78, 5) is 33.9. The van der Waals surface area contributed by atoms with E-state index in [2.05, 4.69) is 5.32 Å². The van der Waals surface area contributed by atoms with E-state index in [9.17, 15) is 19.7 Å². The van der Waals surface area contributed by atoms with Gasteiger partial charge in [-0.2, -0.15) is 0 Å². The molecule has 0 unspecified atom stereocenters. The molecule has 2 aromatic rings. The number of nitrogens with one attached hydrogen (secondary N) is 1. The van der Waals surface area contributed by atoms with Gasteiger partial charge < -0.3 is 11.1 Å². The van der Waals surface area contributed by atoms with Crippen molar-refractivity contribution in [2.75, 3.05) is 0 Å². The fraction of sp³-hybridized carbons (Fsp3) is 0.125. The van der Waals surface area contributed by atoms with Crippen molar-refractivity contribution in [1.82, 2.24) is 5.32 Å². The highest BCUT2D eigenvalue weighted by Crippen LogP contribution is 2.13. The molecule has 1 atom stereocenters. The molecule has 0 saturated carbocycles. The van der Waals surface area contributed by atoms with Crippen molar-refractivity contribution in [2.45, 2.75) is 12.5 Å². The van der Waals surface area contributed by atoms with Gasteiger partial charge in [0.25, 0.3) is 11.6 Å². The molecule has 0 heterocycles. The molecule has 2 rings (SSSR count). The van der Waals surface area contributed by atoms with Crippen LogP contribution in [0.25, 0.3) is 0 Å². The average molecular weight is 313 g/mol. The summed E-state index contributed by atoms with van der Waals surface area (Å²) in [6.45, 7) is 0. The topological polar surface area (TPSA) is 115 Å². The number of hydrogen-bond acceptors (Lipinski definition) is 4. The second-order valence-electron chi connectivity index (χ2n) is 4.93. The Labute approximate surface area is 132 Å². The summed E-state index contributed by atoms with van der Waals surface area (Å²) >= 11 is 0. The SMILES string of the molecule is NC(=O)[C@H](Cc1ccccc1)NC(=O)c1cccc([N+](=O)[O-])c1. The van der Waals surface area contributed by atoms with E-state index >= 15 is 0 Å². The van der Waals surface area contributed by atoms with Crippen molar-refractivity contribution in [3.05, 3.63) is 75.8 Å². The summed E-state index contributed by atoms with van der Waals surface area (Å²) in [6.07, 6.45) is 0.247. The number of nitro groups is 1. The standard InChI is InChI=1S/C16H15N3O4/c17-15(20)14(9-11-5-2-1-3-6-11)18-16(21)12-7-4-8-13(10-12)19(22)23/h1-8,10,14H,9H2,(H2,17,20)(H,18,21)/t14-/m0/s1. The molecule has 0 saturated heterocycles. The predicted octanol–water partition coefficient (Wildman–Crippen LogP) is 1.42. The summed E-state index contributed by atoms with van der Waals surface area (Å²) in [5.41, 5.74) is 6.07. The van der Waals surface area contributed by atoms with Crippen molar-refractivity contribution >= 4 is 17.5 Å². The minimum absolute atomic E-state index is 0.0958. The molecule has 0 radical (unpaired) electrons. The molecule has 118 valence electrons. The second-order valence-corrected chi connectivity index (χ2v) is 4.93. The third-order valence-electron chi connectivity index (χ3n) is 3.25. The fourth-order valence-corrected chi connectivity index (χ4v) is 2.07. The maximum Gasteiger partial charge on any atom is 0.270 e. The highest BCUT2D eigenvalue weighted by molar-refractivity contribution is 5.97. The largest absolute Gasteiger partial charge is 0.368 e. The molecule has 0 bridgehead atoms. The first-order chi connectivity index (χ1) is 11.0. The Bertz CT molecular complexity index is 731. The van der Waals surface area contributed by atoms with E-state index < -0.39 is 22.8 Å². The molecule has 0 aliphatic rings. The monoisotopic (exact) mass is 313 g/mol. The fourth-order valence-electron chi connectivity index (χ4n) is 2.07. The number of non-ortho nitro benzene ring substituents is 1. The van der Waals surface area contributed by atoms with Crippen LogP contribution >= 0.6 is 0 Å². The van der Waals surface area contributed by atoms with Crippen LogP contribution in [-0.4, -0.2) is 22.8 Å². The number of nitrogens with two attached hydrogens (primary N) is 1. The van der Waals surface area contributed by atoms with Gasteiger partial charge in [-0.3, -0.25) is 19.7 Å². The molecule has 23 heavy (non-hydrogen) atoms. The Morgan fingerprint density at radius 1 is 1.13 bits per heavy atom. The van der Waals surface area contributed by atoms with Gasteiger partial charge in [0.15, 0.2) is 0 Å². The van der Waals surface area contributed by atoms with Gasteiger partial charge in [-0.05, 0) is 11.6 Å². The lowest BCUT2D eigenvalue weighted by Gasteiger charge is -2.15. The molecule has 0 fully saturated rings. The van der Waals surface area contributed by atoms with Crippen molar-refractivity contribution in [3.8, 4) is 0 Å². The molecule has 7 heteroatoms. The molecule has 0 spiro atoms. The van der Waals surface area contributed by atoms with Crippen LogP contribution in [0.3, 0.4) is 0 Å². The first-order valence-electron chi connectivity index (χ1n) is 6.86. The third kappa shape index (κ3) is 4.37. The first kappa shape index (κ1) is 16.2. The van der Waals surface area contributed by atoms with Crippen LogP contribution in [0.4, 0.5) is 5.69 Å². The van der Waals surface area contributed by atoms with Crippen LogP contribution in [0, 0.1) is 10.1 Å². The van der Waals surface area contributed by atoms with E-state index in [4.69, 9.17) is 5.73 Å². The lowest BCUT2D eigenvalue weighted by atomic mass is 10.0. The molecule has 2 amide bonds. The van der Waals surface area contributed by atoms with E-state index in [0.717, 1.165) is 11.6 Å². The Morgan fingerprint density at radius 2 is 1.83 bits per heavy atom. The Balaban J connectivity index is 2.13. The van der Waals surface area contributed by atoms with E-state index in [-0.39, 0.29) is 17.7 Å².